The van der Waals surface area contributed by atoms with Crippen molar-refractivity contribution in [1.29, 1.82) is 0 Å². The van der Waals surface area contributed by atoms with Gasteiger partial charge in [-0.25, -0.2) is 8.42 Å². The zero-order chi connectivity index (χ0) is 25.5. The Hall–Kier alpha value is -2.67. The van der Waals surface area contributed by atoms with Crippen LogP contribution in [0.25, 0.3) is 0 Å². The lowest BCUT2D eigenvalue weighted by atomic mass is 9.76. The van der Waals surface area contributed by atoms with Crippen LogP contribution in [-0.4, -0.2) is 39.6 Å². The molecular weight excluding hydrogens is 493 g/mol. The first-order chi connectivity index (χ1) is 15.6. The van der Waals surface area contributed by atoms with Gasteiger partial charge in [-0.1, -0.05) is 18.2 Å². The number of amides is 1. The highest BCUT2D eigenvalue weighted by atomic mass is 32.2. The Morgan fingerprint density at radius 1 is 1.03 bits per heavy atom. The Balaban J connectivity index is 1.85. The minimum absolute atomic E-state index is 0.0655. The van der Waals surface area contributed by atoms with Gasteiger partial charge in [-0.2, -0.15) is 26.3 Å². The van der Waals surface area contributed by atoms with E-state index >= 15 is 0 Å². The third kappa shape index (κ3) is 4.63. The SMILES string of the molecule is CS(=O)(=O)c1ccc2c(c1)CNC2C(=O)Nc1ccc(C(CCF)(C(F)(F)F)C(F)(F)F)cc1. The highest BCUT2D eigenvalue weighted by Gasteiger charge is 2.71. The maximum Gasteiger partial charge on any atom is 0.407 e. The first-order valence-electron chi connectivity index (χ1n) is 9.79. The van der Waals surface area contributed by atoms with E-state index in [9.17, 15) is 43.9 Å². The number of anilines is 1. The standard InChI is InChI=1S/C21H19F7N2O3S/c1-34(32,33)15-6-7-16-12(10-15)11-29-17(16)18(31)30-14-4-2-13(3-5-14)19(8-9-22,20(23,24)25)21(26,27)28/h2-7,10,17,29H,8-9,11H2,1H3,(H,30,31). The molecular formula is C21H19F7N2O3S. The summed E-state index contributed by atoms with van der Waals surface area (Å²) < 4.78 is 117. The fourth-order valence-corrected chi connectivity index (χ4v) is 4.59. The second-order valence-electron chi connectivity index (χ2n) is 7.85. The summed E-state index contributed by atoms with van der Waals surface area (Å²) in [6.07, 6.45) is -12.4. The first-order valence-corrected chi connectivity index (χ1v) is 11.7. The summed E-state index contributed by atoms with van der Waals surface area (Å²) in [6, 6.07) is 6.14. The Labute approximate surface area is 190 Å². The van der Waals surface area contributed by atoms with Gasteiger partial charge in [0.1, 0.15) is 6.04 Å². The fourth-order valence-electron chi connectivity index (χ4n) is 3.91. The second kappa shape index (κ2) is 8.84. The van der Waals surface area contributed by atoms with Gasteiger partial charge in [0, 0.05) is 24.9 Å². The number of rotatable bonds is 6. The van der Waals surface area contributed by atoms with Crippen molar-refractivity contribution in [3.63, 3.8) is 0 Å². The average Bonchev–Trinajstić information content (AvgIpc) is 3.13. The number of carbonyl (C=O) groups is 1. The normalized spacial score (nSPS) is 16.9. The Morgan fingerprint density at radius 3 is 2.12 bits per heavy atom. The van der Waals surface area contributed by atoms with Crippen molar-refractivity contribution in [2.45, 2.75) is 41.7 Å². The van der Waals surface area contributed by atoms with Crippen molar-refractivity contribution in [2.75, 3.05) is 18.2 Å². The molecule has 0 fully saturated rings. The molecule has 1 heterocycles. The molecule has 34 heavy (non-hydrogen) atoms. The van der Waals surface area contributed by atoms with Gasteiger partial charge in [-0.15, -0.1) is 0 Å². The van der Waals surface area contributed by atoms with E-state index in [1.54, 1.807) is 0 Å². The number of fused-ring (bicyclic) bond motifs is 1. The number of carbonyl (C=O) groups excluding carboxylic acids is 1. The molecule has 1 amide bonds. The molecule has 0 aliphatic carbocycles. The highest BCUT2D eigenvalue weighted by Crippen LogP contribution is 2.54. The number of benzene rings is 2. The van der Waals surface area contributed by atoms with Crippen molar-refractivity contribution in [1.82, 2.24) is 5.32 Å². The molecule has 1 aliphatic rings. The molecule has 5 nitrogen and oxygen atoms in total. The molecule has 13 heteroatoms. The molecule has 0 aromatic heterocycles. The van der Waals surface area contributed by atoms with E-state index in [-0.39, 0.29) is 17.1 Å². The molecule has 2 aromatic rings. The van der Waals surface area contributed by atoms with E-state index < -0.39 is 58.2 Å². The van der Waals surface area contributed by atoms with Crippen LogP contribution in [-0.2, 0) is 26.6 Å². The summed E-state index contributed by atoms with van der Waals surface area (Å²) in [5, 5.41) is 5.27. The van der Waals surface area contributed by atoms with Gasteiger partial charge in [-0.05, 0) is 41.0 Å². The predicted octanol–water partition coefficient (Wildman–Crippen LogP) is 4.60. The van der Waals surface area contributed by atoms with Gasteiger partial charge in [0.25, 0.3) is 0 Å². The average molecular weight is 512 g/mol. The van der Waals surface area contributed by atoms with Crippen molar-refractivity contribution < 1.29 is 43.9 Å². The molecule has 0 saturated carbocycles. The second-order valence-corrected chi connectivity index (χ2v) is 9.87. The summed E-state index contributed by atoms with van der Waals surface area (Å²) in [5.74, 6) is -0.653. The highest BCUT2D eigenvalue weighted by molar-refractivity contribution is 7.90. The molecule has 3 rings (SSSR count). The molecule has 0 spiro atoms. The van der Waals surface area contributed by atoms with E-state index in [0.29, 0.717) is 23.3 Å². The van der Waals surface area contributed by atoms with Crippen molar-refractivity contribution in [3.8, 4) is 0 Å². The van der Waals surface area contributed by atoms with Gasteiger partial charge >= 0.3 is 12.4 Å². The van der Waals surface area contributed by atoms with Gasteiger partial charge in [-0.3, -0.25) is 14.5 Å². The van der Waals surface area contributed by atoms with E-state index in [1.807, 2.05) is 0 Å². The smallest absolute Gasteiger partial charge is 0.324 e. The lowest BCUT2D eigenvalue weighted by molar-refractivity contribution is -0.306. The molecule has 1 aliphatic heterocycles. The monoisotopic (exact) mass is 512 g/mol. The largest absolute Gasteiger partial charge is 0.407 e. The maximum absolute atomic E-state index is 13.5. The van der Waals surface area contributed by atoms with Crippen LogP contribution in [0.2, 0.25) is 0 Å². The quantitative estimate of drug-likeness (QED) is 0.556. The molecule has 0 radical (unpaired) electrons. The summed E-state index contributed by atoms with van der Waals surface area (Å²) in [7, 11) is -3.46. The van der Waals surface area contributed by atoms with Crippen LogP contribution in [0.3, 0.4) is 0 Å². The zero-order valence-corrected chi connectivity index (χ0v) is 18.3. The van der Waals surface area contributed by atoms with Crippen LogP contribution >= 0.6 is 0 Å². The zero-order valence-electron chi connectivity index (χ0n) is 17.5. The lowest BCUT2D eigenvalue weighted by Gasteiger charge is -2.37. The fraction of sp³-hybridized carbons (Fsp3) is 0.381. The van der Waals surface area contributed by atoms with E-state index in [2.05, 4.69) is 10.6 Å². The van der Waals surface area contributed by atoms with Crippen molar-refractivity contribution >= 4 is 21.4 Å². The summed E-state index contributed by atoms with van der Waals surface area (Å²) in [5.41, 5.74) is -4.61. The van der Waals surface area contributed by atoms with Gasteiger partial charge < -0.3 is 5.32 Å². The molecule has 1 unspecified atom stereocenters. The van der Waals surface area contributed by atoms with Crippen LogP contribution in [0.4, 0.5) is 36.4 Å². The molecule has 2 N–H and O–H groups in total. The molecule has 0 bridgehead atoms. The van der Waals surface area contributed by atoms with Crippen LogP contribution in [0.5, 0.6) is 0 Å². The minimum Gasteiger partial charge on any atom is -0.324 e. The van der Waals surface area contributed by atoms with Gasteiger partial charge in [0.2, 0.25) is 5.91 Å². The van der Waals surface area contributed by atoms with Crippen LogP contribution in [0, 0.1) is 0 Å². The van der Waals surface area contributed by atoms with Crippen LogP contribution in [0.1, 0.15) is 29.2 Å². The molecule has 1 atom stereocenters. The number of sulfone groups is 1. The number of hydrogen-bond acceptors (Lipinski definition) is 4. The van der Waals surface area contributed by atoms with Gasteiger partial charge in [0.05, 0.1) is 11.6 Å². The van der Waals surface area contributed by atoms with E-state index in [0.717, 1.165) is 18.4 Å². The van der Waals surface area contributed by atoms with E-state index in [1.165, 1.54) is 18.2 Å². The third-order valence-electron chi connectivity index (χ3n) is 5.69. The topological polar surface area (TPSA) is 75.3 Å². The number of nitrogens with one attached hydrogen (secondary N) is 2. The predicted molar refractivity (Wildman–Crippen MR) is 109 cm³/mol. The van der Waals surface area contributed by atoms with Crippen molar-refractivity contribution in [2.24, 2.45) is 0 Å². The molecule has 0 saturated heterocycles. The molecule has 186 valence electrons. The Kier molecular flexibility index (Phi) is 6.74. The summed E-state index contributed by atoms with van der Waals surface area (Å²) >= 11 is 0. The maximum atomic E-state index is 13.5. The summed E-state index contributed by atoms with van der Waals surface area (Å²) in [6.45, 7) is -1.66. The minimum atomic E-state index is -5.80. The first kappa shape index (κ1) is 25.9. The van der Waals surface area contributed by atoms with Gasteiger partial charge in [0.15, 0.2) is 15.3 Å². The number of alkyl halides is 7. The number of halogens is 7. The summed E-state index contributed by atoms with van der Waals surface area (Å²) in [4.78, 5) is 12.7. The Morgan fingerprint density at radius 2 is 1.62 bits per heavy atom. The number of hydrogen-bond donors (Lipinski definition) is 2. The molecule has 2 aromatic carbocycles. The third-order valence-corrected chi connectivity index (χ3v) is 6.81. The lowest BCUT2D eigenvalue weighted by Crippen LogP contribution is -2.54. The Bertz CT molecular complexity index is 1160. The van der Waals surface area contributed by atoms with Crippen LogP contribution in [0.15, 0.2) is 47.4 Å². The van der Waals surface area contributed by atoms with Crippen molar-refractivity contribution in [3.05, 3.63) is 59.2 Å². The van der Waals surface area contributed by atoms with E-state index in [4.69, 9.17) is 0 Å². The van der Waals surface area contributed by atoms with Crippen LogP contribution < -0.4 is 10.6 Å².